The molecule has 0 fully saturated rings. The summed E-state index contributed by atoms with van der Waals surface area (Å²) in [5.74, 6) is -0.0600. The topological polar surface area (TPSA) is 50.7 Å². The Hall–Kier alpha value is -1.70. The minimum absolute atomic E-state index is 0.0600. The molecule has 0 aliphatic rings. The summed E-state index contributed by atoms with van der Waals surface area (Å²) in [5.41, 5.74) is -0.0915. The second kappa shape index (κ2) is 5.12. The minimum Gasteiger partial charge on any atom is -0.345 e. The molecule has 0 aromatic carbocycles. The van der Waals surface area contributed by atoms with Crippen molar-refractivity contribution in [3.05, 3.63) is 34.0 Å². The fourth-order valence-corrected chi connectivity index (χ4v) is 2.22. The standard InChI is InChI=1S/C11H11F3N4S/c1-6-5-19-9(16-6)7(2)17-10-15-4-3-8(18-10)11(12,13)14/h3-5,7H,1-2H3,(H,15,17,18)/t7-/m1/s1. The van der Waals surface area contributed by atoms with Crippen molar-refractivity contribution in [2.75, 3.05) is 5.32 Å². The van der Waals surface area contributed by atoms with E-state index in [0.29, 0.717) is 0 Å². The number of aryl methyl sites for hydroxylation is 1. The highest BCUT2D eigenvalue weighted by Gasteiger charge is 2.32. The SMILES string of the molecule is Cc1csc([C@@H](C)Nc2nccc(C(F)(F)F)n2)n1. The molecule has 0 radical (unpaired) electrons. The van der Waals surface area contributed by atoms with Gasteiger partial charge in [0.15, 0.2) is 0 Å². The van der Waals surface area contributed by atoms with Gasteiger partial charge >= 0.3 is 6.18 Å². The van der Waals surface area contributed by atoms with Gasteiger partial charge in [-0.2, -0.15) is 13.2 Å². The summed E-state index contributed by atoms with van der Waals surface area (Å²) in [6.45, 7) is 3.65. The van der Waals surface area contributed by atoms with Crippen LogP contribution in [0.25, 0.3) is 0 Å². The molecule has 0 amide bonds. The normalized spacial score (nSPS) is 13.3. The highest BCUT2D eigenvalue weighted by Crippen LogP contribution is 2.28. The number of alkyl halides is 3. The van der Waals surface area contributed by atoms with Crippen LogP contribution in [0.2, 0.25) is 0 Å². The average Bonchev–Trinajstić information content (AvgIpc) is 2.75. The largest absolute Gasteiger partial charge is 0.433 e. The molecule has 1 atom stereocenters. The molecule has 0 bridgehead atoms. The third-order valence-electron chi connectivity index (χ3n) is 2.30. The number of anilines is 1. The molecule has 0 unspecified atom stereocenters. The predicted octanol–water partition coefficient (Wildman–Crippen LogP) is 3.43. The molecule has 2 rings (SSSR count). The van der Waals surface area contributed by atoms with Crippen LogP contribution in [0.1, 0.15) is 29.4 Å². The summed E-state index contributed by atoms with van der Waals surface area (Å²) in [4.78, 5) is 11.5. The Labute approximate surface area is 111 Å². The zero-order valence-corrected chi connectivity index (χ0v) is 11.0. The zero-order valence-electron chi connectivity index (χ0n) is 10.2. The van der Waals surface area contributed by atoms with Crippen LogP contribution in [0.5, 0.6) is 0 Å². The number of hydrogen-bond donors (Lipinski definition) is 1. The number of rotatable bonds is 3. The lowest BCUT2D eigenvalue weighted by Crippen LogP contribution is -2.13. The molecule has 102 valence electrons. The molecule has 0 aliphatic carbocycles. The maximum atomic E-state index is 12.5. The van der Waals surface area contributed by atoms with Crippen molar-refractivity contribution in [3.8, 4) is 0 Å². The molecule has 19 heavy (non-hydrogen) atoms. The van der Waals surface area contributed by atoms with Crippen molar-refractivity contribution in [2.24, 2.45) is 0 Å². The van der Waals surface area contributed by atoms with Gasteiger partial charge in [-0.25, -0.2) is 15.0 Å². The van der Waals surface area contributed by atoms with Gasteiger partial charge in [0.25, 0.3) is 0 Å². The number of nitrogens with one attached hydrogen (secondary N) is 1. The highest BCUT2D eigenvalue weighted by molar-refractivity contribution is 7.09. The third kappa shape index (κ3) is 3.40. The van der Waals surface area contributed by atoms with Crippen molar-refractivity contribution in [3.63, 3.8) is 0 Å². The van der Waals surface area contributed by atoms with E-state index in [-0.39, 0.29) is 12.0 Å². The van der Waals surface area contributed by atoms with Crippen LogP contribution in [0.15, 0.2) is 17.6 Å². The second-order valence-electron chi connectivity index (χ2n) is 3.96. The highest BCUT2D eigenvalue weighted by atomic mass is 32.1. The van der Waals surface area contributed by atoms with E-state index in [1.54, 1.807) is 6.92 Å². The number of halogens is 3. The van der Waals surface area contributed by atoms with Gasteiger partial charge in [-0.1, -0.05) is 0 Å². The fraction of sp³-hybridized carbons (Fsp3) is 0.364. The lowest BCUT2D eigenvalue weighted by molar-refractivity contribution is -0.141. The van der Waals surface area contributed by atoms with E-state index >= 15 is 0 Å². The molecule has 0 aliphatic heterocycles. The lowest BCUT2D eigenvalue weighted by atomic mass is 10.3. The quantitative estimate of drug-likeness (QED) is 0.940. The van der Waals surface area contributed by atoms with Crippen LogP contribution < -0.4 is 5.32 Å². The second-order valence-corrected chi connectivity index (χ2v) is 4.85. The van der Waals surface area contributed by atoms with E-state index in [1.165, 1.54) is 11.3 Å². The third-order valence-corrected chi connectivity index (χ3v) is 3.44. The zero-order chi connectivity index (χ0) is 14.0. The molecular formula is C11H11F3N4S. The Balaban J connectivity index is 2.15. The fourth-order valence-electron chi connectivity index (χ4n) is 1.41. The van der Waals surface area contributed by atoms with Crippen molar-refractivity contribution in [1.82, 2.24) is 15.0 Å². The first-order chi connectivity index (χ1) is 8.86. The van der Waals surface area contributed by atoms with Gasteiger partial charge < -0.3 is 5.32 Å². The molecule has 4 nitrogen and oxygen atoms in total. The van der Waals surface area contributed by atoms with Gasteiger partial charge in [0.05, 0.1) is 6.04 Å². The van der Waals surface area contributed by atoms with Gasteiger partial charge in [-0.3, -0.25) is 0 Å². The molecule has 2 aromatic rings. The van der Waals surface area contributed by atoms with Crippen molar-refractivity contribution in [2.45, 2.75) is 26.1 Å². The van der Waals surface area contributed by atoms with E-state index in [0.717, 1.165) is 23.0 Å². The molecule has 2 heterocycles. The van der Waals surface area contributed by atoms with E-state index in [1.807, 2.05) is 12.3 Å². The van der Waals surface area contributed by atoms with Gasteiger partial charge in [0.1, 0.15) is 10.7 Å². The molecule has 0 saturated heterocycles. The number of aromatic nitrogens is 3. The maximum Gasteiger partial charge on any atom is 0.433 e. The molecule has 1 N–H and O–H groups in total. The van der Waals surface area contributed by atoms with Crippen LogP contribution >= 0.6 is 11.3 Å². The Kier molecular flexibility index (Phi) is 3.70. The van der Waals surface area contributed by atoms with Crippen LogP contribution in [-0.2, 0) is 6.18 Å². The summed E-state index contributed by atoms with van der Waals surface area (Å²) in [6, 6.07) is 0.589. The molecule has 8 heteroatoms. The van der Waals surface area contributed by atoms with Gasteiger partial charge in [0, 0.05) is 17.3 Å². The summed E-state index contributed by atoms with van der Waals surface area (Å²) < 4.78 is 37.5. The van der Waals surface area contributed by atoms with Crippen molar-refractivity contribution < 1.29 is 13.2 Å². The summed E-state index contributed by atoms with van der Waals surface area (Å²) in [5, 5.41) is 5.46. The van der Waals surface area contributed by atoms with E-state index in [4.69, 9.17) is 0 Å². The van der Waals surface area contributed by atoms with Gasteiger partial charge in [0.2, 0.25) is 5.95 Å². The van der Waals surface area contributed by atoms with Crippen LogP contribution in [0, 0.1) is 6.92 Å². The molecule has 0 saturated carbocycles. The first kappa shape index (κ1) is 13.7. The maximum absolute atomic E-state index is 12.5. The first-order valence-electron chi connectivity index (χ1n) is 5.45. The Bertz CT molecular complexity index is 567. The van der Waals surface area contributed by atoms with Gasteiger partial charge in [-0.15, -0.1) is 11.3 Å². The van der Waals surface area contributed by atoms with E-state index in [9.17, 15) is 13.2 Å². The van der Waals surface area contributed by atoms with E-state index < -0.39 is 11.9 Å². The van der Waals surface area contributed by atoms with Crippen LogP contribution in [-0.4, -0.2) is 15.0 Å². The summed E-state index contributed by atoms with van der Waals surface area (Å²) in [7, 11) is 0. The smallest absolute Gasteiger partial charge is 0.345 e. The van der Waals surface area contributed by atoms with Gasteiger partial charge in [-0.05, 0) is 19.9 Å². The number of hydrogen-bond acceptors (Lipinski definition) is 5. The minimum atomic E-state index is -4.47. The van der Waals surface area contributed by atoms with E-state index in [2.05, 4.69) is 20.3 Å². The lowest BCUT2D eigenvalue weighted by Gasteiger charge is -2.12. The van der Waals surface area contributed by atoms with Crippen LogP contribution in [0.4, 0.5) is 19.1 Å². The Morgan fingerprint density at radius 3 is 2.63 bits per heavy atom. The summed E-state index contributed by atoms with van der Waals surface area (Å²) in [6.07, 6.45) is -3.39. The number of nitrogens with zero attached hydrogens (tertiary/aromatic N) is 3. The monoisotopic (exact) mass is 288 g/mol. The van der Waals surface area contributed by atoms with Crippen molar-refractivity contribution >= 4 is 17.3 Å². The first-order valence-corrected chi connectivity index (χ1v) is 6.33. The Morgan fingerprint density at radius 2 is 2.05 bits per heavy atom. The average molecular weight is 288 g/mol. The predicted molar refractivity (Wildman–Crippen MR) is 65.9 cm³/mol. The number of thiazole rings is 1. The molecule has 0 spiro atoms. The Morgan fingerprint density at radius 1 is 1.32 bits per heavy atom. The van der Waals surface area contributed by atoms with Crippen LogP contribution in [0.3, 0.4) is 0 Å². The van der Waals surface area contributed by atoms with Crippen molar-refractivity contribution in [1.29, 1.82) is 0 Å². The summed E-state index contributed by atoms with van der Waals surface area (Å²) >= 11 is 1.44. The molecule has 2 aromatic heterocycles. The molecular weight excluding hydrogens is 277 g/mol.